The first-order valence-corrected chi connectivity index (χ1v) is 8.29. The number of aliphatic hydroxyl groups is 1. The van der Waals surface area contributed by atoms with Gasteiger partial charge < -0.3 is 19.3 Å². The summed E-state index contributed by atoms with van der Waals surface area (Å²) in [4.78, 5) is 22.7. The number of carbonyl (C=O) groups is 1. The number of nitrogens with zero attached hydrogens (tertiary/aromatic N) is 5. The van der Waals surface area contributed by atoms with Crippen LogP contribution in [-0.4, -0.2) is 94.6 Å². The fourth-order valence-electron chi connectivity index (χ4n) is 3.06. The number of likely N-dealkylation sites (N-methyl/N-ethyl adjacent to an activating group) is 2. The fourth-order valence-corrected chi connectivity index (χ4v) is 3.06. The van der Waals surface area contributed by atoms with Gasteiger partial charge >= 0.3 is 0 Å². The molecule has 1 atom stereocenters. The van der Waals surface area contributed by atoms with Crippen molar-refractivity contribution in [2.24, 2.45) is 0 Å². The summed E-state index contributed by atoms with van der Waals surface area (Å²) in [6.45, 7) is 4.90. The predicted octanol–water partition coefficient (Wildman–Crippen LogP) is 0.0146. The van der Waals surface area contributed by atoms with Crippen LogP contribution in [0.5, 0.6) is 0 Å². The maximum absolute atomic E-state index is 12.5. The van der Waals surface area contributed by atoms with E-state index in [2.05, 4.69) is 21.8 Å². The number of aliphatic hydroxyl groups excluding tert-OH is 1. The third kappa shape index (κ3) is 3.92. The van der Waals surface area contributed by atoms with Crippen LogP contribution in [0.25, 0.3) is 5.52 Å². The summed E-state index contributed by atoms with van der Waals surface area (Å²) >= 11 is 0. The number of carbonyl (C=O) groups excluding carboxylic acids is 1. The molecule has 1 fully saturated rings. The Morgan fingerprint density at radius 1 is 1.38 bits per heavy atom. The number of β-amino-alcohol motifs (C(OH)–C–C–N with tert-alkyl or cyclic N) is 1. The van der Waals surface area contributed by atoms with Gasteiger partial charge in [-0.15, -0.1) is 0 Å². The SMILES string of the molecule is CN1CCN(CC(O)CN(C)C(=O)c2ccn3cncc3c2)CC1. The van der Waals surface area contributed by atoms with Crippen molar-refractivity contribution in [3.8, 4) is 0 Å². The minimum Gasteiger partial charge on any atom is -0.390 e. The Balaban J connectivity index is 1.55. The van der Waals surface area contributed by atoms with Gasteiger partial charge in [0, 0.05) is 58.1 Å². The number of imidazole rings is 1. The highest BCUT2D eigenvalue weighted by molar-refractivity contribution is 5.95. The lowest BCUT2D eigenvalue weighted by atomic mass is 10.2. The number of piperazine rings is 1. The van der Waals surface area contributed by atoms with E-state index in [1.807, 2.05) is 16.7 Å². The first-order chi connectivity index (χ1) is 11.5. The molecule has 0 spiro atoms. The van der Waals surface area contributed by atoms with Gasteiger partial charge in [0.1, 0.15) is 0 Å². The molecule has 0 aromatic carbocycles. The average molecular weight is 331 g/mol. The van der Waals surface area contributed by atoms with Crippen molar-refractivity contribution in [1.29, 1.82) is 0 Å². The molecule has 7 nitrogen and oxygen atoms in total. The van der Waals surface area contributed by atoms with Gasteiger partial charge in [0.05, 0.1) is 24.1 Å². The van der Waals surface area contributed by atoms with Gasteiger partial charge in [0.15, 0.2) is 0 Å². The molecule has 24 heavy (non-hydrogen) atoms. The van der Waals surface area contributed by atoms with Crippen molar-refractivity contribution in [3.63, 3.8) is 0 Å². The van der Waals surface area contributed by atoms with Crippen LogP contribution in [0.4, 0.5) is 0 Å². The molecule has 2 aromatic rings. The largest absolute Gasteiger partial charge is 0.390 e. The molecule has 0 aliphatic carbocycles. The van der Waals surface area contributed by atoms with Crippen LogP contribution in [0.3, 0.4) is 0 Å². The summed E-state index contributed by atoms with van der Waals surface area (Å²) in [7, 11) is 3.84. The lowest BCUT2D eigenvalue weighted by molar-refractivity contribution is 0.0501. The summed E-state index contributed by atoms with van der Waals surface area (Å²) < 4.78 is 1.86. The van der Waals surface area contributed by atoms with E-state index in [1.165, 1.54) is 0 Å². The fraction of sp³-hybridized carbons (Fsp3) is 0.529. The van der Waals surface area contributed by atoms with Gasteiger partial charge in [-0.05, 0) is 19.2 Å². The molecule has 3 heterocycles. The minimum absolute atomic E-state index is 0.0869. The number of fused-ring (bicyclic) bond motifs is 1. The highest BCUT2D eigenvalue weighted by Gasteiger charge is 2.20. The number of pyridine rings is 1. The second-order valence-electron chi connectivity index (χ2n) is 6.58. The molecule has 0 saturated carbocycles. The van der Waals surface area contributed by atoms with Gasteiger partial charge in [-0.2, -0.15) is 0 Å². The highest BCUT2D eigenvalue weighted by Crippen LogP contribution is 2.10. The zero-order chi connectivity index (χ0) is 17.1. The van der Waals surface area contributed by atoms with Crippen LogP contribution >= 0.6 is 0 Å². The second kappa shape index (κ2) is 7.29. The molecule has 0 bridgehead atoms. The van der Waals surface area contributed by atoms with Crippen molar-refractivity contribution >= 4 is 11.4 Å². The highest BCUT2D eigenvalue weighted by atomic mass is 16.3. The second-order valence-corrected chi connectivity index (χ2v) is 6.58. The Kier molecular flexibility index (Phi) is 5.13. The van der Waals surface area contributed by atoms with E-state index in [0.717, 1.165) is 31.7 Å². The maximum Gasteiger partial charge on any atom is 0.253 e. The molecule has 1 amide bonds. The molecular weight excluding hydrogens is 306 g/mol. The smallest absolute Gasteiger partial charge is 0.253 e. The molecule has 130 valence electrons. The first kappa shape index (κ1) is 16.9. The van der Waals surface area contributed by atoms with E-state index < -0.39 is 6.10 Å². The van der Waals surface area contributed by atoms with Gasteiger partial charge in [-0.25, -0.2) is 4.98 Å². The van der Waals surface area contributed by atoms with E-state index in [4.69, 9.17) is 0 Å². The molecule has 1 aliphatic heterocycles. The van der Waals surface area contributed by atoms with Gasteiger partial charge in [0.25, 0.3) is 5.91 Å². The summed E-state index contributed by atoms with van der Waals surface area (Å²) in [5.74, 6) is -0.0869. The number of aromatic nitrogens is 2. The summed E-state index contributed by atoms with van der Waals surface area (Å²) in [6.07, 6.45) is 4.71. The Bertz CT molecular complexity index is 693. The monoisotopic (exact) mass is 331 g/mol. The Morgan fingerprint density at radius 2 is 2.12 bits per heavy atom. The van der Waals surface area contributed by atoms with Crippen LogP contribution in [0.2, 0.25) is 0 Å². The van der Waals surface area contributed by atoms with E-state index >= 15 is 0 Å². The van der Waals surface area contributed by atoms with Crippen molar-refractivity contribution in [2.45, 2.75) is 6.10 Å². The molecular formula is C17H25N5O2. The van der Waals surface area contributed by atoms with Crippen molar-refractivity contribution in [2.75, 3.05) is 53.4 Å². The normalized spacial score (nSPS) is 18.0. The number of amides is 1. The molecule has 2 aromatic heterocycles. The molecule has 1 N–H and O–H groups in total. The first-order valence-electron chi connectivity index (χ1n) is 8.29. The minimum atomic E-state index is -0.541. The molecule has 1 saturated heterocycles. The van der Waals surface area contributed by atoms with Crippen molar-refractivity contribution in [3.05, 3.63) is 36.4 Å². The third-order valence-electron chi connectivity index (χ3n) is 4.56. The summed E-state index contributed by atoms with van der Waals surface area (Å²) in [6, 6.07) is 3.60. The molecule has 1 aliphatic rings. The van der Waals surface area contributed by atoms with Crippen LogP contribution < -0.4 is 0 Å². The van der Waals surface area contributed by atoms with E-state index in [0.29, 0.717) is 18.7 Å². The third-order valence-corrected chi connectivity index (χ3v) is 4.56. The average Bonchev–Trinajstić information content (AvgIpc) is 3.03. The zero-order valence-electron chi connectivity index (χ0n) is 14.3. The van der Waals surface area contributed by atoms with E-state index in [9.17, 15) is 9.90 Å². The predicted molar refractivity (Wildman–Crippen MR) is 92.1 cm³/mol. The summed E-state index contributed by atoms with van der Waals surface area (Å²) in [5.41, 5.74) is 1.49. The lowest BCUT2D eigenvalue weighted by Crippen LogP contribution is -2.49. The molecule has 0 radical (unpaired) electrons. The lowest BCUT2D eigenvalue weighted by Gasteiger charge is -2.34. The van der Waals surface area contributed by atoms with Gasteiger partial charge in [0.2, 0.25) is 0 Å². The summed E-state index contributed by atoms with van der Waals surface area (Å²) in [5, 5.41) is 10.3. The van der Waals surface area contributed by atoms with Crippen LogP contribution in [0, 0.1) is 0 Å². The molecule has 1 unspecified atom stereocenters. The van der Waals surface area contributed by atoms with E-state index in [1.54, 1.807) is 30.5 Å². The zero-order valence-corrected chi connectivity index (χ0v) is 14.3. The van der Waals surface area contributed by atoms with Crippen molar-refractivity contribution < 1.29 is 9.90 Å². The van der Waals surface area contributed by atoms with Crippen molar-refractivity contribution in [1.82, 2.24) is 24.1 Å². The Hall–Kier alpha value is -1.96. The maximum atomic E-state index is 12.5. The van der Waals surface area contributed by atoms with Crippen LogP contribution in [0.1, 0.15) is 10.4 Å². The number of hydrogen-bond acceptors (Lipinski definition) is 5. The number of hydrogen-bond donors (Lipinski definition) is 1. The molecule has 3 rings (SSSR count). The topological polar surface area (TPSA) is 64.3 Å². The van der Waals surface area contributed by atoms with Crippen LogP contribution in [0.15, 0.2) is 30.9 Å². The quantitative estimate of drug-likeness (QED) is 0.836. The van der Waals surface area contributed by atoms with Gasteiger partial charge in [-0.1, -0.05) is 0 Å². The Labute approximate surface area is 142 Å². The van der Waals surface area contributed by atoms with Crippen LogP contribution in [-0.2, 0) is 0 Å². The number of rotatable bonds is 5. The standard InChI is InChI=1S/C17H25N5O2/c1-19-5-7-21(8-6-19)12-16(23)11-20(2)17(24)14-3-4-22-13-18-10-15(22)9-14/h3-4,9-10,13,16,23H,5-8,11-12H2,1-2H3. The van der Waals surface area contributed by atoms with E-state index in [-0.39, 0.29) is 5.91 Å². The Morgan fingerprint density at radius 3 is 2.88 bits per heavy atom. The van der Waals surface area contributed by atoms with Gasteiger partial charge in [-0.3, -0.25) is 9.69 Å². The molecule has 7 heteroatoms.